The molecular formula is C11H13ClN4O. The number of hydrogen-bond donors (Lipinski definition) is 1. The molecular weight excluding hydrogens is 240 g/mol. The summed E-state index contributed by atoms with van der Waals surface area (Å²) in [6.07, 6.45) is 3.63. The van der Waals surface area contributed by atoms with Crippen molar-refractivity contribution in [2.24, 2.45) is 5.73 Å². The van der Waals surface area contributed by atoms with Gasteiger partial charge in [-0.25, -0.2) is 4.98 Å². The predicted molar refractivity (Wildman–Crippen MR) is 65.6 cm³/mol. The number of primary amides is 1. The highest BCUT2D eigenvalue weighted by atomic mass is 35.5. The van der Waals surface area contributed by atoms with Crippen molar-refractivity contribution in [1.82, 2.24) is 14.5 Å². The topological polar surface area (TPSA) is 73.8 Å². The van der Waals surface area contributed by atoms with Gasteiger partial charge in [-0.15, -0.1) is 11.6 Å². The molecule has 0 aliphatic heterocycles. The van der Waals surface area contributed by atoms with Gasteiger partial charge in [-0.3, -0.25) is 9.78 Å². The first-order chi connectivity index (χ1) is 8.13. The van der Waals surface area contributed by atoms with Crippen LogP contribution in [0.1, 0.15) is 25.2 Å². The Morgan fingerprint density at radius 3 is 3.06 bits per heavy atom. The molecule has 1 amide bonds. The minimum Gasteiger partial charge on any atom is -0.370 e. The smallest absolute Gasteiger partial charge is 0.219 e. The molecule has 0 fully saturated rings. The molecule has 2 N–H and O–H groups in total. The van der Waals surface area contributed by atoms with Crippen LogP contribution in [0.2, 0.25) is 0 Å². The van der Waals surface area contributed by atoms with Gasteiger partial charge in [0, 0.05) is 18.7 Å². The summed E-state index contributed by atoms with van der Waals surface area (Å²) >= 11 is 5.86. The largest absolute Gasteiger partial charge is 0.370 e. The molecule has 90 valence electrons. The van der Waals surface area contributed by atoms with E-state index in [0.29, 0.717) is 0 Å². The number of nitrogens with zero attached hydrogens (tertiary/aromatic N) is 3. The Kier molecular flexibility index (Phi) is 3.28. The molecule has 0 saturated carbocycles. The third-order valence-corrected chi connectivity index (χ3v) is 2.86. The summed E-state index contributed by atoms with van der Waals surface area (Å²) < 4.78 is 1.94. The zero-order chi connectivity index (χ0) is 12.4. The number of carbonyl (C=O) groups is 1. The van der Waals surface area contributed by atoms with Crippen molar-refractivity contribution in [3.63, 3.8) is 0 Å². The van der Waals surface area contributed by atoms with E-state index in [-0.39, 0.29) is 24.2 Å². The summed E-state index contributed by atoms with van der Waals surface area (Å²) in [7, 11) is 0. The number of amides is 1. The maximum atomic E-state index is 11.0. The van der Waals surface area contributed by atoms with E-state index in [1.54, 1.807) is 12.4 Å². The van der Waals surface area contributed by atoms with E-state index in [1.165, 1.54) is 0 Å². The molecule has 6 heteroatoms. The molecule has 1 atom stereocenters. The monoisotopic (exact) mass is 252 g/mol. The number of fused-ring (bicyclic) bond motifs is 1. The van der Waals surface area contributed by atoms with Crippen LogP contribution in [0.3, 0.4) is 0 Å². The summed E-state index contributed by atoms with van der Waals surface area (Å²) in [5.74, 6) is 0.676. The van der Waals surface area contributed by atoms with E-state index < -0.39 is 0 Å². The lowest BCUT2D eigenvalue weighted by molar-refractivity contribution is -0.118. The minimum absolute atomic E-state index is 0.0614. The average molecular weight is 253 g/mol. The Balaban J connectivity index is 2.53. The Morgan fingerprint density at radius 1 is 1.65 bits per heavy atom. The van der Waals surface area contributed by atoms with Crippen LogP contribution < -0.4 is 5.73 Å². The van der Waals surface area contributed by atoms with Gasteiger partial charge in [0.25, 0.3) is 0 Å². The number of aromatic nitrogens is 3. The van der Waals surface area contributed by atoms with E-state index >= 15 is 0 Å². The van der Waals surface area contributed by atoms with E-state index in [0.717, 1.165) is 16.9 Å². The normalized spacial score (nSPS) is 12.8. The summed E-state index contributed by atoms with van der Waals surface area (Å²) in [6.45, 7) is 1.92. The number of nitrogens with two attached hydrogens (primary N) is 1. The number of rotatable bonds is 4. The molecule has 0 aliphatic rings. The first kappa shape index (κ1) is 11.9. The van der Waals surface area contributed by atoms with Crippen LogP contribution in [0.15, 0.2) is 18.5 Å². The van der Waals surface area contributed by atoms with E-state index in [9.17, 15) is 4.79 Å². The fraction of sp³-hybridized carbons (Fsp3) is 0.364. The zero-order valence-corrected chi connectivity index (χ0v) is 10.2. The number of pyridine rings is 1. The van der Waals surface area contributed by atoms with Crippen LogP contribution >= 0.6 is 11.6 Å². The third-order valence-electron chi connectivity index (χ3n) is 2.62. The first-order valence-electron chi connectivity index (χ1n) is 5.28. The Bertz CT molecular complexity index is 551. The summed E-state index contributed by atoms with van der Waals surface area (Å²) in [6, 6.07) is 1.80. The molecule has 5 nitrogen and oxygen atoms in total. The quantitative estimate of drug-likeness (QED) is 0.840. The van der Waals surface area contributed by atoms with Crippen LogP contribution in [0, 0.1) is 0 Å². The molecule has 0 bridgehead atoms. The maximum Gasteiger partial charge on any atom is 0.219 e. The predicted octanol–water partition coefficient (Wildman–Crippen LogP) is 1.61. The van der Waals surface area contributed by atoms with Gasteiger partial charge < -0.3 is 10.3 Å². The van der Waals surface area contributed by atoms with Gasteiger partial charge in [0.1, 0.15) is 11.3 Å². The Hall–Kier alpha value is -1.62. The van der Waals surface area contributed by atoms with Gasteiger partial charge in [0.2, 0.25) is 5.91 Å². The van der Waals surface area contributed by atoms with Crippen molar-refractivity contribution in [1.29, 1.82) is 0 Å². The molecule has 0 spiro atoms. The highest BCUT2D eigenvalue weighted by molar-refractivity contribution is 6.16. The lowest BCUT2D eigenvalue weighted by Gasteiger charge is -2.15. The second kappa shape index (κ2) is 4.71. The summed E-state index contributed by atoms with van der Waals surface area (Å²) in [4.78, 5) is 19.4. The Morgan fingerprint density at radius 2 is 2.41 bits per heavy atom. The van der Waals surface area contributed by atoms with Gasteiger partial charge in [-0.1, -0.05) is 0 Å². The van der Waals surface area contributed by atoms with Crippen LogP contribution in [0.4, 0.5) is 0 Å². The van der Waals surface area contributed by atoms with Crippen LogP contribution in [-0.4, -0.2) is 20.4 Å². The molecule has 0 radical (unpaired) electrons. The second-order valence-electron chi connectivity index (χ2n) is 3.92. The van der Waals surface area contributed by atoms with Gasteiger partial charge >= 0.3 is 0 Å². The molecule has 0 aromatic carbocycles. The molecule has 2 aromatic heterocycles. The third kappa shape index (κ3) is 2.24. The van der Waals surface area contributed by atoms with Crippen LogP contribution in [0.5, 0.6) is 0 Å². The Labute approximate surface area is 104 Å². The highest BCUT2D eigenvalue weighted by Crippen LogP contribution is 2.23. The zero-order valence-electron chi connectivity index (χ0n) is 9.43. The van der Waals surface area contributed by atoms with Crippen molar-refractivity contribution < 1.29 is 4.79 Å². The number of imidazole rings is 1. The van der Waals surface area contributed by atoms with Gasteiger partial charge in [-0.05, 0) is 13.0 Å². The number of halogens is 1. The lowest BCUT2D eigenvalue weighted by Crippen LogP contribution is -2.18. The highest BCUT2D eigenvalue weighted by Gasteiger charge is 2.16. The minimum atomic E-state index is -0.339. The second-order valence-corrected chi connectivity index (χ2v) is 4.18. The van der Waals surface area contributed by atoms with Gasteiger partial charge in [-0.2, -0.15) is 0 Å². The van der Waals surface area contributed by atoms with Crippen molar-refractivity contribution >= 4 is 28.5 Å². The van der Waals surface area contributed by atoms with E-state index in [1.807, 2.05) is 17.6 Å². The fourth-order valence-electron chi connectivity index (χ4n) is 1.97. The average Bonchev–Trinajstić information content (AvgIpc) is 2.66. The number of alkyl halides is 1. The van der Waals surface area contributed by atoms with Gasteiger partial charge in [0.05, 0.1) is 17.6 Å². The van der Waals surface area contributed by atoms with Crippen LogP contribution in [-0.2, 0) is 10.7 Å². The van der Waals surface area contributed by atoms with E-state index in [4.69, 9.17) is 17.3 Å². The van der Waals surface area contributed by atoms with Gasteiger partial charge in [0.15, 0.2) is 0 Å². The SMILES string of the molecule is CC(CC(N)=O)n1c(CCl)nc2cnccc21. The first-order valence-corrected chi connectivity index (χ1v) is 5.82. The molecule has 1 unspecified atom stereocenters. The van der Waals surface area contributed by atoms with Crippen LogP contribution in [0.25, 0.3) is 11.0 Å². The lowest BCUT2D eigenvalue weighted by atomic mass is 10.2. The number of hydrogen-bond acceptors (Lipinski definition) is 3. The molecule has 2 heterocycles. The molecule has 2 aromatic rings. The standard InChI is InChI=1S/C11H13ClN4O/c1-7(4-10(13)17)16-9-2-3-14-6-8(9)15-11(16)5-12/h2-3,6-7H,4-5H2,1H3,(H2,13,17). The van der Waals surface area contributed by atoms with Crippen molar-refractivity contribution in [2.75, 3.05) is 0 Å². The fourth-order valence-corrected chi connectivity index (χ4v) is 2.16. The molecule has 0 saturated heterocycles. The number of carbonyl (C=O) groups excluding carboxylic acids is 1. The molecule has 0 aliphatic carbocycles. The van der Waals surface area contributed by atoms with E-state index in [2.05, 4.69) is 9.97 Å². The summed E-state index contributed by atoms with van der Waals surface area (Å²) in [5.41, 5.74) is 6.92. The molecule has 2 rings (SSSR count). The molecule has 17 heavy (non-hydrogen) atoms. The maximum absolute atomic E-state index is 11.0. The van der Waals surface area contributed by atoms with Crippen molar-refractivity contribution in [3.8, 4) is 0 Å². The van der Waals surface area contributed by atoms with Crippen molar-refractivity contribution in [2.45, 2.75) is 25.3 Å². The summed E-state index contributed by atoms with van der Waals surface area (Å²) in [5, 5.41) is 0. The van der Waals surface area contributed by atoms with Crippen molar-refractivity contribution in [3.05, 3.63) is 24.3 Å².